The summed E-state index contributed by atoms with van der Waals surface area (Å²) in [6.07, 6.45) is 0. The smallest absolute Gasteiger partial charge is 0.119 e. The fourth-order valence-electron chi connectivity index (χ4n) is 3.37. The first kappa shape index (κ1) is 16.8. The molecule has 4 nitrogen and oxygen atoms in total. The van der Waals surface area contributed by atoms with E-state index in [1.165, 1.54) is 20.3 Å². The van der Waals surface area contributed by atoms with Crippen LogP contribution in [0.5, 0.6) is 5.75 Å². The number of nitrogens with zero attached hydrogens (tertiary/aromatic N) is 1. The molecule has 0 unspecified atom stereocenters. The first-order valence-electron chi connectivity index (χ1n) is 9.15. The highest BCUT2D eigenvalue weighted by atomic mass is 32.1. The highest BCUT2D eigenvalue weighted by Crippen LogP contribution is 2.38. The molecule has 0 bridgehead atoms. The summed E-state index contributed by atoms with van der Waals surface area (Å²) >= 11 is 1.79. The van der Waals surface area contributed by atoms with E-state index in [1.807, 2.05) is 24.3 Å². The van der Waals surface area contributed by atoms with Crippen LogP contribution >= 0.6 is 11.3 Å². The minimum absolute atomic E-state index is 0.769. The molecule has 0 atom stereocenters. The number of H-pyrrole nitrogens is 1. The molecule has 0 aliphatic carbocycles. The van der Waals surface area contributed by atoms with Crippen molar-refractivity contribution in [2.24, 2.45) is 0 Å². The van der Waals surface area contributed by atoms with Crippen LogP contribution in [0.25, 0.3) is 31.6 Å². The Morgan fingerprint density at radius 3 is 2.54 bits per heavy atom. The van der Waals surface area contributed by atoms with E-state index in [0.717, 1.165) is 34.8 Å². The van der Waals surface area contributed by atoms with Gasteiger partial charge in [-0.05, 0) is 35.9 Å². The normalized spacial score (nSPS) is 11.2. The number of fused-ring (bicyclic) bond motifs is 3. The van der Waals surface area contributed by atoms with Crippen molar-refractivity contribution in [2.75, 3.05) is 12.4 Å². The van der Waals surface area contributed by atoms with Crippen LogP contribution in [0.3, 0.4) is 0 Å². The van der Waals surface area contributed by atoms with Gasteiger partial charge in [0, 0.05) is 27.9 Å². The van der Waals surface area contributed by atoms with E-state index >= 15 is 0 Å². The number of methoxy groups -OCH3 is 1. The predicted molar refractivity (Wildman–Crippen MR) is 117 cm³/mol. The van der Waals surface area contributed by atoms with E-state index in [1.54, 1.807) is 18.4 Å². The quantitative estimate of drug-likeness (QED) is 0.386. The van der Waals surface area contributed by atoms with Crippen molar-refractivity contribution in [1.29, 1.82) is 0 Å². The molecule has 5 aromatic rings. The number of anilines is 1. The first-order chi connectivity index (χ1) is 13.8. The Morgan fingerprint density at radius 1 is 0.964 bits per heavy atom. The van der Waals surface area contributed by atoms with Gasteiger partial charge in [0.2, 0.25) is 0 Å². The van der Waals surface area contributed by atoms with Crippen LogP contribution in [-0.2, 0) is 6.54 Å². The first-order valence-corrected chi connectivity index (χ1v) is 9.96. The number of benzene rings is 3. The zero-order valence-corrected chi connectivity index (χ0v) is 16.2. The van der Waals surface area contributed by atoms with E-state index < -0.39 is 0 Å². The van der Waals surface area contributed by atoms with Gasteiger partial charge in [-0.15, -0.1) is 11.3 Å². The van der Waals surface area contributed by atoms with Crippen LogP contribution in [-0.4, -0.2) is 17.3 Å². The summed E-state index contributed by atoms with van der Waals surface area (Å²) in [5.41, 5.74) is 5.57. The third-order valence-electron chi connectivity index (χ3n) is 4.90. The van der Waals surface area contributed by atoms with Crippen LogP contribution in [0.15, 0.2) is 72.8 Å². The van der Waals surface area contributed by atoms with Crippen molar-refractivity contribution < 1.29 is 4.74 Å². The second-order valence-corrected chi connectivity index (χ2v) is 7.71. The molecule has 0 amide bonds. The molecule has 28 heavy (non-hydrogen) atoms. The molecule has 0 aliphatic heterocycles. The summed E-state index contributed by atoms with van der Waals surface area (Å²) in [5.74, 6) is 0.862. The molecule has 5 rings (SSSR count). The van der Waals surface area contributed by atoms with Crippen LogP contribution in [0, 0.1) is 0 Å². The summed E-state index contributed by atoms with van der Waals surface area (Å²) in [7, 11) is 1.68. The number of aromatic amines is 1. The number of aromatic nitrogens is 2. The molecule has 0 radical (unpaired) electrons. The molecular weight excluding hydrogens is 366 g/mol. The molecule has 0 aliphatic rings. The topological polar surface area (TPSA) is 49.9 Å². The largest absolute Gasteiger partial charge is 0.497 e. The van der Waals surface area contributed by atoms with Crippen LogP contribution < -0.4 is 10.1 Å². The van der Waals surface area contributed by atoms with E-state index in [4.69, 9.17) is 4.74 Å². The predicted octanol–water partition coefficient (Wildman–Crippen LogP) is 6.07. The fourth-order valence-corrected chi connectivity index (χ4v) is 4.54. The van der Waals surface area contributed by atoms with Gasteiger partial charge in [0.05, 0.1) is 17.3 Å². The van der Waals surface area contributed by atoms with Gasteiger partial charge in [0.1, 0.15) is 11.4 Å². The van der Waals surface area contributed by atoms with E-state index in [2.05, 4.69) is 64.0 Å². The molecular formula is C23H19N3OS. The fraction of sp³-hybridized carbons (Fsp3) is 0.0870. The number of rotatable bonds is 5. The van der Waals surface area contributed by atoms with Crippen LogP contribution in [0.4, 0.5) is 5.69 Å². The Labute approximate surface area is 166 Å². The minimum atomic E-state index is 0.769. The second kappa shape index (κ2) is 7.02. The molecule has 138 valence electrons. The Balaban J connectivity index is 1.36. The maximum Gasteiger partial charge on any atom is 0.119 e. The van der Waals surface area contributed by atoms with E-state index in [0.29, 0.717) is 0 Å². The maximum atomic E-state index is 5.19. The Hall–Kier alpha value is -3.31. The lowest BCUT2D eigenvalue weighted by molar-refractivity contribution is 0.415. The van der Waals surface area contributed by atoms with Crippen molar-refractivity contribution in [1.82, 2.24) is 10.2 Å². The average Bonchev–Trinajstić information content (AvgIpc) is 3.32. The standard InChI is InChI=1S/C23H19N3OS/c1-27-18-12-10-17(11-13-18)24-14-15-6-8-16(9-7-15)21-23-22(26-25-21)19-4-2-3-5-20(19)28-23/h2-13,24H,14H2,1H3,(H,25,26). The van der Waals surface area contributed by atoms with Crippen LogP contribution in [0.1, 0.15) is 5.56 Å². The number of hydrogen-bond donors (Lipinski definition) is 2. The Morgan fingerprint density at radius 2 is 1.75 bits per heavy atom. The second-order valence-electron chi connectivity index (χ2n) is 6.65. The molecule has 0 fully saturated rings. The van der Waals surface area contributed by atoms with Gasteiger partial charge < -0.3 is 10.1 Å². The SMILES string of the molecule is COc1ccc(NCc2ccc(-c3n[nH]c4c3sc3ccccc34)cc2)cc1. The van der Waals surface area contributed by atoms with E-state index in [9.17, 15) is 0 Å². The average molecular weight is 385 g/mol. The van der Waals surface area contributed by atoms with Crippen LogP contribution in [0.2, 0.25) is 0 Å². The molecule has 0 spiro atoms. The van der Waals surface area contributed by atoms with Crippen molar-refractivity contribution in [3.05, 3.63) is 78.4 Å². The summed E-state index contributed by atoms with van der Waals surface area (Å²) in [6.45, 7) is 0.769. The van der Waals surface area contributed by atoms with Crippen molar-refractivity contribution >= 4 is 37.3 Å². The lowest BCUT2D eigenvalue weighted by atomic mass is 10.1. The molecule has 3 aromatic carbocycles. The van der Waals surface area contributed by atoms with Gasteiger partial charge in [0.15, 0.2) is 0 Å². The molecule has 2 aromatic heterocycles. The zero-order chi connectivity index (χ0) is 18.9. The van der Waals surface area contributed by atoms with Gasteiger partial charge in [-0.1, -0.05) is 42.5 Å². The maximum absolute atomic E-state index is 5.19. The zero-order valence-electron chi connectivity index (χ0n) is 15.4. The molecule has 5 heteroatoms. The summed E-state index contributed by atoms with van der Waals surface area (Å²) in [4.78, 5) is 0. The lowest BCUT2D eigenvalue weighted by Crippen LogP contribution is -1.99. The number of nitrogens with one attached hydrogen (secondary N) is 2. The molecule has 2 N–H and O–H groups in total. The molecule has 0 saturated carbocycles. The third kappa shape index (κ3) is 3.00. The minimum Gasteiger partial charge on any atom is -0.497 e. The van der Waals surface area contributed by atoms with Gasteiger partial charge >= 0.3 is 0 Å². The monoisotopic (exact) mass is 385 g/mol. The summed E-state index contributed by atoms with van der Waals surface area (Å²) in [6, 6.07) is 25.0. The van der Waals surface area contributed by atoms with Gasteiger partial charge in [0.25, 0.3) is 0 Å². The summed E-state index contributed by atoms with van der Waals surface area (Å²) < 4.78 is 7.69. The van der Waals surface area contributed by atoms with Gasteiger partial charge in [-0.2, -0.15) is 5.10 Å². The molecule has 2 heterocycles. The van der Waals surface area contributed by atoms with Gasteiger partial charge in [-0.3, -0.25) is 5.10 Å². The summed E-state index contributed by atoms with van der Waals surface area (Å²) in [5, 5.41) is 12.5. The highest BCUT2D eigenvalue weighted by Gasteiger charge is 2.13. The molecule has 0 saturated heterocycles. The van der Waals surface area contributed by atoms with E-state index in [-0.39, 0.29) is 0 Å². The third-order valence-corrected chi connectivity index (χ3v) is 6.08. The Bertz CT molecular complexity index is 1240. The van der Waals surface area contributed by atoms with Crippen molar-refractivity contribution in [2.45, 2.75) is 6.54 Å². The number of ether oxygens (including phenoxy) is 1. The van der Waals surface area contributed by atoms with Crippen molar-refractivity contribution in [3.8, 4) is 17.0 Å². The van der Waals surface area contributed by atoms with Crippen molar-refractivity contribution in [3.63, 3.8) is 0 Å². The number of hydrogen-bond acceptors (Lipinski definition) is 4. The highest BCUT2D eigenvalue weighted by molar-refractivity contribution is 7.26. The lowest BCUT2D eigenvalue weighted by Gasteiger charge is -2.08. The van der Waals surface area contributed by atoms with Gasteiger partial charge in [-0.25, -0.2) is 0 Å². The number of thiophene rings is 1. The Kier molecular flexibility index (Phi) is 4.22.